The van der Waals surface area contributed by atoms with Crippen LogP contribution in [0.15, 0.2) is 72.8 Å². The number of nitrogens with one attached hydrogen (secondary N) is 1. The number of hydrogen-bond acceptors (Lipinski definition) is 3. The molecule has 1 heterocycles. The minimum absolute atomic E-state index is 0.277. The van der Waals surface area contributed by atoms with E-state index in [1.54, 1.807) is 12.1 Å². The molecular weight excluding hydrogens is 398 g/mol. The Balaban J connectivity index is 1.48. The van der Waals surface area contributed by atoms with Crippen LogP contribution < -0.4 is 5.32 Å². The average Bonchev–Trinajstić information content (AvgIpc) is 3.23. The maximum absolute atomic E-state index is 11.5. The molecule has 0 spiro atoms. The lowest BCUT2D eigenvalue weighted by Gasteiger charge is -2.25. The molecule has 0 amide bonds. The summed E-state index contributed by atoms with van der Waals surface area (Å²) in [5.74, 6) is 0.00735. The predicted octanol–water partition coefficient (Wildman–Crippen LogP) is 6.52. The van der Waals surface area contributed by atoms with Gasteiger partial charge in [0.1, 0.15) is 5.82 Å². The Hall–Kier alpha value is -3.60. The quantitative estimate of drug-likeness (QED) is 0.369. The van der Waals surface area contributed by atoms with Crippen LogP contribution in [0, 0.1) is 0 Å². The standard InChI is InChI=1S/C27H27N3O2/c31-27(32)21-15-16-25-24(17-21)29-26(30(25)23-9-5-2-6-10-23)20-13-11-19(12-14-20)18-28-22-7-3-1-4-8-22/h1,3-4,7-8,11-17,23,28H,2,5-6,9-10,18H2,(H,31,32). The fraction of sp³-hybridized carbons (Fsp3) is 0.259. The van der Waals surface area contributed by atoms with Crippen molar-refractivity contribution in [3.8, 4) is 11.4 Å². The molecule has 1 aliphatic rings. The number of carboxylic acids is 1. The van der Waals surface area contributed by atoms with E-state index in [1.807, 2.05) is 24.3 Å². The van der Waals surface area contributed by atoms with E-state index in [0.29, 0.717) is 6.04 Å². The first-order valence-electron chi connectivity index (χ1n) is 11.3. The molecule has 2 N–H and O–H groups in total. The Morgan fingerprint density at radius 1 is 0.969 bits per heavy atom. The molecule has 5 nitrogen and oxygen atoms in total. The molecule has 1 saturated carbocycles. The molecule has 0 aliphatic heterocycles. The van der Waals surface area contributed by atoms with Crippen LogP contribution >= 0.6 is 0 Å². The van der Waals surface area contributed by atoms with E-state index in [-0.39, 0.29) is 5.56 Å². The summed E-state index contributed by atoms with van der Waals surface area (Å²) in [7, 11) is 0. The van der Waals surface area contributed by atoms with Crippen molar-refractivity contribution in [1.82, 2.24) is 9.55 Å². The highest BCUT2D eigenvalue weighted by Gasteiger charge is 2.23. The molecule has 0 radical (unpaired) electrons. The van der Waals surface area contributed by atoms with Crippen molar-refractivity contribution in [1.29, 1.82) is 0 Å². The summed E-state index contributed by atoms with van der Waals surface area (Å²) < 4.78 is 2.34. The van der Waals surface area contributed by atoms with Crippen molar-refractivity contribution < 1.29 is 9.90 Å². The summed E-state index contributed by atoms with van der Waals surface area (Å²) in [6.45, 7) is 0.755. The number of para-hydroxylation sites is 1. The van der Waals surface area contributed by atoms with Crippen molar-refractivity contribution in [2.24, 2.45) is 0 Å². The Kier molecular flexibility index (Phi) is 5.63. The number of carboxylic acid groups (broad SMARTS) is 1. The number of aromatic nitrogens is 2. The monoisotopic (exact) mass is 425 g/mol. The van der Waals surface area contributed by atoms with Crippen LogP contribution in [0.3, 0.4) is 0 Å². The second-order valence-electron chi connectivity index (χ2n) is 8.52. The van der Waals surface area contributed by atoms with E-state index in [0.717, 1.165) is 47.5 Å². The van der Waals surface area contributed by atoms with Crippen LogP contribution in [0.2, 0.25) is 0 Å². The lowest BCUT2D eigenvalue weighted by Crippen LogP contribution is -2.14. The number of nitrogens with zero attached hydrogens (tertiary/aromatic N) is 2. The Labute approximate surface area is 187 Å². The first-order chi connectivity index (χ1) is 15.7. The van der Waals surface area contributed by atoms with Gasteiger partial charge in [0.15, 0.2) is 0 Å². The smallest absolute Gasteiger partial charge is 0.335 e. The number of anilines is 1. The molecule has 0 bridgehead atoms. The van der Waals surface area contributed by atoms with E-state index < -0.39 is 5.97 Å². The van der Waals surface area contributed by atoms with Crippen LogP contribution in [0.25, 0.3) is 22.4 Å². The van der Waals surface area contributed by atoms with E-state index >= 15 is 0 Å². The fourth-order valence-corrected chi connectivity index (χ4v) is 4.68. The number of hydrogen-bond donors (Lipinski definition) is 2. The summed E-state index contributed by atoms with van der Waals surface area (Å²) >= 11 is 0. The topological polar surface area (TPSA) is 67.2 Å². The molecule has 5 rings (SSSR count). The molecule has 1 fully saturated rings. The van der Waals surface area contributed by atoms with E-state index in [2.05, 4.69) is 46.3 Å². The van der Waals surface area contributed by atoms with Crippen LogP contribution in [0.5, 0.6) is 0 Å². The molecule has 162 valence electrons. The van der Waals surface area contributed by atoms with Crippen molar-refractivity contribution in [3.63, 3.8) is 0 Å². The number of rotatable bonds is 6. The molecule has 1 aliphatic carbocycles. The number of fused-ring (bicyclic) bond motifs is 1. The Morgan fingerprint density at radius 3 is 2.44 bits per heavy atom. The zero-order valence-electron chi connectivity index (χ0n) is 18.0. The first-order valence-corrected chi connectivity index (χ1v) is 11.3. The van der Waals surface area contributed by atoms with Gasteiger partial charge in [-0.1, -0.05) is 61.7 Å². The van der Waals surface area contributed by atoms with E-state index in [9.17, 15) is 9.90 Å². The van der Waals surface area contributed by atoms with E-state index in [4.69, 9.17) is 4.98 Å². The van der Waals surface area contributed by atoms with Crippen LogP contribution in [-0.2, 0) is 6.54 Å². The van der Waals surface area contributed by atoms with Gasteiger partial charge in [-0.25, -0.2) is 9.78 Å². The third-order valence-electron chi connectivity index (χ3n) is 6.36. The third kappa shape index (κ3) is 4.11. The first kappa shape index (κ1) is 20.3. The molecule has 0 saturated heterocycles. The van der Waals surface area contributed by atoms with Crippen molar-refractivity contribution >= 4 is 22.7 Å². The van der Waals surface area contributed by atoms with Crippen LogP contribution in [-0.4, -0.2) is 20.6 Å². The highest BCUT2D eigenvalue weighted by molar-refractivity contribution is 5.93. The number of benzene rings is 3. The summed E-state index contributed by atoms with van der Waals surface area (Å²) in [6, 6.07) is 24.4. The lowest BCUT2D eigenvalue weighted by atomic mass is 9.94. The zero-order chi connectivity index (χ0) is 21.9. The second-order valence-corrected chi connectivity index (χ2v) is 8.52. The van der Waals surface area contributed by atoms with Gasteiger partial charge in [-0.05, 0) is 48.7 Å². The van der Waals surface area contributed by atoms with Gasteiger partial charge in [0, 0.05) is 23.8 Å². The molecule has 0 unspecified atom stereocenters. The van der Waals surface area contributed by atoms with Crippen LogP contribution in [0.1, 0.15) is 54.1 Å². The molecule has 3 aromatic carbocycles. The van der Waals surface area contributed by atoms with Gasteiger partial charge in [-0.3, -0.25) is 0 Å². The van der Waals surface area contributed by atoms with Crippen molar-refractivity contribution in [2.45, 2.75) is 44.7 Å². The molecule has 0 atom stereocenters. The largest absolute Gasteiger partial charge is 0.478 e. The van der Waals surface area contributed by atoms with Gasteiger partial charge in [-0.2, -0.15) is 0 Å². The van der Waals surface area contributed by atoms with Crippen LogP contribution in [0.4, 0.5) is 5.69 Å². The number of carbonyl (C=O) groups is 1. The van der Waals surface area contributed by atoms with Gasteiger partial charge in [-0.15, -0.1) is 0 Å². The molecule has 32 heavy (non-hydrogen) atoms. The van der Waals surface area contributed by atoms with Crippen molar-refractivity contribution in [2.75, 3.05) is 5.32 Å². The summed E-state index contributed by atoms with van der Waals surface area (Å²) in [4.78, 5) is 16.4. The summed E-state index contributed by atoms with van der Waals surface area (Å²) in [5, 5.41) is 12.9. The van der Waals surface area contributed by atoms with Gasteiger partial charge in [0.25, 0.3) is 0 Å². The van der Waals surface area contributed by atoms with E-state index in [1.165, 1.54) is 24.8 Å². The van der Waals surface area contributed by atoms with Crippen molar-refractivity contribution in [3.05, 3.63) is 83.9 Å². The minimum Gasteiger partial charge on any atom is -0.478 e. The molecule has 4 aromatic rings. The number of aromatic carboxylic acids is 1. The SMILES string of the molecule is O=C(O)c1ccc2c(c1)nc(-c1ccc(CNc3ccccc3)cc1)n2C1CCCCC1. The lowest BCUT2D eigenvalue weighted by molar-refractivity contribution is 0.0697. The summed E-state index contributed by atoms with van der Waals surface area (Å²) in [5.41, 5.74) is 5.41. The highest BCUT2D eigenvalue weighted by atomic mass is 16.4. The maximum Gasteiger partial charge on any atom is 0.335 e. The highest BCUT2D eigenvalue weighted by Crippen LogP contribution is 2.36. The van der Waals surface area contributed by atoms with Gasteiger partial charge >= 0.3 is 5.97 Å². The minimum atomic E-state index is -0.920. The molecule has 1 aromatic heterocycles. The summed E-state index contributed by atoms with van der Waals surface area (Å²) in [6.07, 6.45) is 6.00. The molecular formula is C27H27N3O2. The number of imidazole rings is 1. The zero-order valence-corrected chi connectivity index (χ0v) is 18.0. The normalized spacial score (nSPS) is 14.5. The van der Waals surface area contributed by atoms with Gasteiger partial charge < -0.3 is 15.0 Å². The average molecular weight is 426 g/mol. The van der Waals surface area contributed by atoms with Gasteiger partial charge in [0.2, 0.25) is 0 Å². The maximum atomic E-state index is 11.5. The fourth-order valence-electron chi connectivity index (χ4n) is 4.68. The Bertz CT molecular complexity index is 1220. The third-order valence-corrected chi connectivity index (χ3v) is 6.36. The second kappa shape index (κ2) is 8.87. The van der Waals surface area contributed by atoms with Gasteiger partial charge in [0.05, 0.1) is 16.6 Å². The Morgan fingerprint density at radius 2 is 1.72 bits per heavy atom. The predicted molar refractivity (Wildman–Crippen MR) is 128 cm³/mol. The molecule has 5 heteroatoms.